The van der Waals surface area contributed by atoms with E-state index in [4.69, 9.17) is 4.42 Å². The molecule has 0 atom stereocenters. The standard InChI is InChI=1S/C67H47NO/c1-65(2)52-25-13-8-20-44(52)48-33-30-42(37-57(48)65)68(43-31-34-49-47-23-11-16-28-56(47)67(58(49)38-43)54-26-14-9-21-45(54)46-22-10-15-27-55(46)67)41-32-35-53-51(36-41)63-59(66(53,3)4)39-61-64(50-24-12-17-29-60(50)69-61)62(63)40-18-6-5-7-19-40/h5-39H,1-4H3. The largest absolute Gasteiger partial charge is 0.456 e. The fourth-order valence-electron chi connectivity index (χ4n) is 13.6. The van der Waals surface area contributed by atoms with Crippen LogP contribution in [-0.2, 0) is 16.2 Å². The monoisotopic (exact) mass is 881 g/mol. The summed E-state index contributed by atoms with van der Waals surface area (Å²) in [5.41, 5.74) is 27.9. The maximum atomic E-state index is 6.72. The zero-order valence-corrected chi connectivity index (χ0v) is 39.1. The first-order valence-corrected chi connectivity index (χ1v) is 24.4. The zero-order valence-electron chi connectivity index (χ0n) is 39.1. The maximum Gasteiger partial charge on any atom is 0.136 e. The van der Waals surface area contributed by atoms with Crippen molar-refractivity contribution in [2.75, 3.05) is 4.90 Å². The van der Waals surface area contributed by atoms with Gasteiger partial charge in [0.25, 0.3) is 0 Å². The highest BCUT2D eigenvalue weighted by atomic mass is 16.3. The first-order valence-electron chi connectivity index (χ1n) is 24.4. The van der Waals surface area contributed by atoms with E-state index in [0.717, 1.165) is 33.6 Å². The minimum absolute atomic E-state index is 0.168. The molecule has 1 aromatic heterocycles. The molecule has 15 rings (SSSR count). The summed E-state index contributed by atoms with van der Waals surface area (Å²) in [5.74, 6) is 0. The molecular formula is C67H47NO. The van der Waals surface area contributed by atoms with E-state index in [-0.39, 0.29) is 10.8 Å². The fraction of sp³-hybridized carbons (Fsp3) is 0.104. The van der Waals surface area contributed by atoms with Gasteiger partial charge < -0.3 is 9.32 Å². The molecule has 1 spiro atoms. The number of hydrogen-bond acceptors (Lipinski definition) is 2. The van der Waals surface area contributed by atoms with Crippen molar-refractivity contribution in [3.63, 3.8) is 0 Å². The molecule has 2 nitrogen and oxygen atoms in total. The minimum atomic E-state index is -0.466. The predicted molar refractivity (Wildman–Crippen MR) is 285 cm³/mol. The third-order valence-corrected chi connectivity index (χ3v) is 16.7. The molecule has 0 saturated carbocycles. The number of rotatable bonds is 4. The Kier molecular flexibility index (Phi) is 7.60. The van der Waals surface area contributed by atoms with Gasteiger partial charge in [0.1, 0.15) is 11.2 Å². The lowest BCUT2D eigenvalue weighted by molar-refractivity contribution is 0.647. The summed E-state index contributed by atoms with van der Waals surface area (Å²) in [6.07, 6.45) is 0. The van der Waals surface area contributed by atoms with Crippen molar-refractivity contribution < 1.29 is 4.42 Å². The van der Waals surface area contributed by atoms with Crippen molar-refractivity contribution in [2.45, 2.75) is 43.9 Å². The normalized spacial score (nSPS) is 15.3. The average molecular weight is 882 g/mol. The second-order valence-corrected chi connectivity index (χ2v) is 20.7. The lowest BCUT2D eigenvalue weighted by atomic mass is 9.70. The molecule has 10 aromatic carbocycles. The average Bonchev–Trinajstić information content (AvgIpc) is 4.12. The number of furan rings is 1. The van der Waals surface area contributed by atoms with Gasteiger partial charge in [-0.25, -0.2) is 0 Å². The smallest absolute Gasteiger partial charge is 0.136 e. The minimum Gasteiger partial charge on any atom is -0.456 e. The third kappa shape index (κ3) is 4.91. The van der Waals surface area contributed by atoms with Crippen molar-refractivity contribution in [2.24, 2.45) is 0 Å². The van der Waals surface area contributed by atoms with Crippen LogP contribution in [0.2, 0.25) is 0 Å². The lowest BCUT2D eigenvalue weighted by Crippen LogP contribution is -2.26. The van der Waals surface area contributed by atoms with Crippen LogP contribution in [0.25, 0.3) is 77.6 Å². The maximum absolute atomic E-state index is 6.72. The van der Waals surface area contributed by atoms with E-state index in [1.54, 1.807) is 0 Å². The van der Waals surface area contributed by atoms with Crippen LogP contribution < -0.4 is 4.90 Å². The molecule has 4 aliphatic rings. The van der Waals surface area contributed by atoms with E-state index < -0.39 is 5.41 Å². The van der Waals surface area contributed by atoms with Crippen LogP contribution in [0, 0.1) is 0 Å². The molecule has 2 heteroatoms. The van der Waals surface area contributed by atoms with E-state index in [9.17, 15) is 0 Å². The van der Waals surface area contributed by atoms with E-state index in [1.807, 2.05) is 0 Å². The van der Waals surface area contributed by atoms with Crippen molar-refractivity contribution >= 4 is 39.0 Å². The van der Waals surface area contributed by atoms with Gasteiger partial charge in [-0.05, 0) is 143 Å². The van der Waals surface area contributed by atoms with Crippen LogP contribution >= 0.6 is 0 Å². The SMILES string of the molecule is CC1(C)c2ccccc2-c2ccc(N(c3ccc4c(c3)-c3c(cc5oc6ccccc6c5c3-c3ccccc3)C4(C)C)c3ccc4c(c3)C3(c5ccccc5-c5ccccc53)c3ccccc3-4)cc21. The Balaban J connectivity index is 1.01. The Morgan fingerprint density at radius 2 is 0.783 bits per heavy atom. The van der Waals surface area contributed by atoms with Gasteiger partial charge in [-0.1, -0.05) is 191 Å². The molecular weight excluding hydrogens is 835 g/mol. The van der Waals surface area contributed by atoms with Gasteiger partial charge in [-0.15, -0.1) is 0 Å². The van der Waals surface area contributed by atoms with E-state index in [1.165, 1.54) is 106 Å². The number of nitrogens with zero attached hydrogens (tertiary/aromatic N) is 1. The van der Waals surface area contributed by atoms with Crippen molar-refractivity contribution in [1.82, 2.24) is 0 Å². The summed E-state index contributed by atoms with van der Waals surface area (Å²) in [7, 11) is 0. The molecule has 326 valence electrons. The predicted octanol–water partition coefficient (Wildman–Crippen LogP) is 17.7. The van der Waals surface area contributed by atoms with Crippen LogP contribution in [-0.4, -0.2) is 0 Å². The number of hydrogen-bond donors (Lipinski definition) is 0. The highest BCUT2D eigenvalue weighted by Gasteiger charge is 2.52. The van der Waals surface area contributed by atoms with Gasteiger partial charge in [0.05, 0.1) is 5.41 Å². The van der Waals surface area contributed by atoms with Crippen molar-refractivity contribution in [3.05, 3.63) is 257 Å². The van der Waals surface area contributed by atoms with Crippen LogP contribution in [0.15, 0.2) is 217 Å². The van der Waals surface area contributed by atoms with Crippen LogP contribution in [0.1, 0.15) is 72.2 Å². The zero-order chi connectivity index (χ0) is 46.0. The first kappa shape index (κ1) is 38.9. The van der Waals surface area contributed by atoms with Crippen LogP contribution in [0.4, 0.5) is 17.1 Å². The third-order valence-electron chi connectivity index (χ3n) is 16.7. The van der Waals surface area contributed by atoms with Gasteiger partial charge >= 0.3 is 0 Å². The number of benzene rings is 10. The molecule has 4 aliphatic carbocycles. The quantitative estimate of drug-likeness (QED) is 0.175. The molecule has 0 aliphatic heterocycles. The molecule has 11 aromatic rings. The van der Waals surface area contributed by atoms with Crippen molar-refractivity contribution in [1.29, 1.82) is 0 Å². The second kappa shape index (κ2) is 13.5. The number of fused-ring (bicyclic) bond motifs is 19. The Hall–Kier alpha value is -8.20. The number of para-hydroxylation sites is 1. The van der Waals surface area contributed by atoms with Gasteiger partial charge in [0.2, 0.25) is 0 Å². The topological polar surface area (TPSA) is 16.4 Å². The molecule has 0 N–H and O–H groups in total. The van der Waals surface area contributed by atoms with Crippen molar-refractivity contribution in [3.8, 4) is 55.6 Å². The first-order chi connectivity index (χ1) is 33.7. The molecule has 0 radical (unpaired) electrons. The summed E-state index contributed by atoms with van der Waals surface area (Å²) < 4.78 is 6.72. The Labute approximate surface area is 402 Å². The Morgan fingerprint density at radius 1 is 0.319 bits per heavy atom. The molecule has 1 heterocycles. The Morgan fingerprint density at radius 3 is 1.43 bits per heavy atom. The van der Waals surface area contributed by atoms with Gasteiger partial charge in [0.15, 0.2) is 0 Å². The summed E-state index contributed by atoms with van der Waals surface area (Å²) in [4.78, 5) is 2.54. The molecule has 0 amide bonds. The Bertz CT molecular complexity index is 3970. The molecule has 0 unspecified atom stereocenters. The van der Waals surface area contributed by atoms with Gasteiger partial charge in [0, 0.05) is 44.2 Å². The second-order valence-electron chi connectivity index (χ2n) is 20.7. The number of anilines is 3. The lowest BCUT2D eigenvalue weighted by Gasteiger charge is -2.33. The summed E-state index contributed by atoms with van der Waals surface area (Å²) in [6, 6.07) is 79.9. The van der Waals surface area contributed by atoms with Crippen LogP contribution in [0.5, 0.6) is 0 Å². The fourth-order valence-corrected chi connectivity index (χ4v) is 13.6. The summed E-state index contributed by atoms with van der Waals surface area (Å²) in [5, 5.41) is 2.31. The van der Waals surface area contributed by atoms with E-state index in [2.05, 4.69) is 245 Å². The highest BCUT2D eigenvalue weighted by molar-refractivity contribution is 6.18. The van der Waals surface area contributed by atoms with Gasteiger partial charge in [-0.3, -0.25) is 0 Å². The summed E-state index contributed by atoms with van der Waals surface area (Å²) in [6.45, 7) is 9.54. The van der Waals surface area contributed by atoms with Crippen LogP contribution in [0.3, 0.4) is 0 Å². The molecule has 0 fully saturated rings. The molecule has 0 saturated heterocycles. The van der Waals surface area contributed by atoms with E-state index >= 15 is 0 Å². The van der Waals surface area contributed by atoms with Gasteiger partial charge in [-0.2, -0.15) is 0 Å². The molecule has 69 heavy (non-hydrogen) atoms. The summed E-state index contributed by atoms with van der Waals surface area (Å²) >= 11 is 0. The molecule has 0 bridgehead atoms. The highest BCUT2D eigenvalue weighted by Crippen LogP contribution is 2.64. The van der Waals surface area contributed by atoms with E-state index in [0.29, 0.717) is 0 Å².